The van der Waals surface area contributed by atoms with Crippen LogP contribution in [0.3, 0.4) is 0 Å². The van der Waals surface area contributed by atoms with Crippen molar-refractivity contribution in [2.45, 2.75) is 38.6 Å². The van der Waals surface area contributed by atoms with Gasteiger partial charge in [-0.25, -0.2) is 0 Å². The maximum absolute atomic E-state index is 11.0. The normalized spacial score (nSPS) is 22.3. The van der Waals surface area contributed by atoms with Gasteiger partial charge in [-0.2, -0.15) is 0 Å². The predicted molar refractivity (Wildman–Crippen MR) is 57.9 cm³/mol. The van der Waals surface area contributed by atoms with Crippen LogP contribution in [0, 0.1) is 5.92 Å². The fourth-order valence-corrected chi connectivity index (χ4v) is 1.67. The average molecular weight is 215 g/mol. The molecule has 4 nitrogen and oxygen atoms in total. The molecule has 0 radical (unpaired) electrons. The second-order valence-electron chi connectivity index (χ2n) is 4.43. The van der Waals surface area contributed by atoms with E-state index in [-0.39, 0.29) is 0 Å². The van der Waals surface area contributed by atoms with E-state index in [1.165, 1.54) is 0 Å². The highest BCUT2D eigenvalue weighted by molar-refractivity contribution is 5.78. The Labute approximate surface area is 91.0 Å². The van der Waals surface area contributed by atoms with Gasteiger partial charge in [-0.1, -0.05) is 6.92 Å². The van der Waals surface area contributed by atoms with Crippen LogP contribution in [0.5, 0.6) is 0 Å². The Kier molecular flexibility index (Phi) is 4.54. The highest BCUT2D eigenvalue weighted by Gasteiger charge is 2.31. The summed E-state index contributed by atoms with van der Waals surface area (Å²) in [6.45, 7) is 6.03. The molecule has 4 heteroatoms. The molecule has 1 atom stereocenters. The van der Waals surface area contributed by atoms with Gasteiger partial charge in [-0.05, 0) is 38.6 Å². The van der Waals surface area contributed by atoms with Crippen molar-refractivity contribution < 1.29 is 14.6 Å². The van der Waals surface area contributed by atoms with Gasteiger partial charge in [0.15, 0.2) is 0 Å². The van der Waals surface area contributed by atoms with E-state index in [0.29, 0.717) is 12.3 Å². The van der Waals surface area contributed by atoms with E-state index in [1.54, 1.807) is 6.92 Å². The van der Waals surface area contributed by atoms with Crippen molar-refractivity contribution in [3.05, 3.63) is 0 Å². The van der Waals surface area contributed by atoms with Crippen molar-refractivity contribution >= 4 is 5.97 Å². The summed E-state index contributed by atoms with van der Waals surface area (Å²) in [5.41, 5.74) is -0.779. The summed E-state index contributed by atoms with van der Waals surface area (Å²) >= 11 is 0. The average Bonchev–Trinajstić information content (AvgIpc) is 2.27. The molecule has 1 saturated heterocycles. The highest BCUT2D eigenvalue weighted by atomic mass is 16.5. The van der Waals surface area contributed by atoms with Crippen molar-refractivity contribution in [2.75, 3.05) is 19.8 Å². The molecule has 0 aromatic rings. The molecule has 1 aliphatic heterocycles. The second-order valence-corrected chi connectivity index (χ2v) is 4.43. The molecular weight excluding hydrogens is 194 g/mol. The summed E-state index contributed by atoms with van der Waals surface area (Å²) in [6.07, 6.45) is 2.67. The number of hydrogen-bond acceptors (Lipinski definition) is 3. The SMILES string of the molecule is CCC(C)(NCC1CCOCC1)C(=O)O. The monoisotopic (exact) mass is 215 g/mol. The lowest BCUT2D eigenvalue weighted by Gasteiger charge is -2.29. The maximum Gasteiger partial charge on any atom is 0.323 e. The molecule has 1 aliphatic rings. The van der Waals surface area contributed by atoms with Gasteiger partial charge in [0.25, 0.3) is 0 Å². The molecule has 15 heavy (non-hydrogen) atoms. The van der Waals surface area contributed by atoms with E-state index >= 15 is 0 Å². The zero-order valence-corrected chi connectivity index (χ0v) is 9.58. The minimum Gasteiger partial charge on any atom is -0.480 e. The van der Waals surface area contributed by atoms with Crippen molar-refractivity contribution in [3.8, 4) is 0 Å². The third-order valence-corrected chi connectivity index (χ3v) is 3.30. The zero-order chi connectivity index (χ0) is 11.3. The van der Waals surface area contributed by atoms with E-state index in [0.717, 1.165) is 32.6 Å². The molecule has 2 N–H and O–H groups in total. The topological polar surface area (TPSA) is 58.6 Å². The number of hydrogen-bond donors (Lipinski definition) is 2. The molecule has 1 fully saturated rings. The number of aliphatic carboxylic acids is 1. The molecular formula is C11H21NO3. The number of nitrogens with one attached hydrogen (secondary N) is 1. The number of carboxylic acids is 1. The fraction of sp³-hybridized carbons (Fsp3) is 0.909. The summed E-state index contributed by atoms with van der Waals surface area (Å²) in [6, 6.07) is 0. The Morgan fingerprint density at radius 3 is 2.60 bits per heavy atom. The Balaban J connectivity index is 2.36. The quantitative estimate of drug-likeness (QED) is 0.724. The molecule has 0 aliphatic carbocycles. The van der Waals surface area contributed by atoms with Crippen molar-refractivity contribution in [1.82, 2.24) is 5.32 Å². The summed E-state index contributed by atoms with van der Waals surface area (Å²) in [7, 11) is 0. The van der Waals surface area contributed by atoms with Crippen LogP contribution in [0.2, 0.25) is 0 Å². The molecule has 1 rings (SSSR count). The Hall–Kier alpha value is -0.610. The molecule has 88 valence electrons. The highest BCUT2D eigenvalue weighted by Crippen LogP contribution is 2.16. The van der Waals surface area contributed by atoms with E-state index in [2.05, 4.69) is 5.32 Å². The summed E-state index contributed by atoms with van der Waals surface area (Å²) in [4.78, 5) is 11.0. The maximum atomic E-state index is 11.0. The standard InChI is InChI=1S/C11H21NO3/c1-3-11(2,10(13)14)12-8-9-4-6-15-7-5-9/h9,12H,3-8H2,1-2H3,(H,13,14). The van der Waals surface area contributed by atoms with Gasteiger partial charge < -0.3 is 15.2 Å². The lowest BCUT2D eigenvalue weighted by molar-refractivity contribution is -0.144. The van der Waals surface area contributed by atoms with E-state index < -0.39 is 11.5 Å². The first-order valence-corrected chi connectivity index (χ1v) is 5.64. The molecule has 0 aromatic carbocycles. The number of carboxylic acid groups (broad SMARTS) is 1. The van der Waals surface area contributed by atoms with Crippen LogP contribution in [-0.4, -0.2) is 36.4 Å². The third kappa shape index (κ3) is 3.47. The first-order chi connectivity index (χ1) is 7.08. The first-order valence-electron chi connectivity index (χ1n) is 5.64. The summed E-state index contributed by atoms with van der Waals surface area (Å²) in [5.74, 6) is -0.207. The summed E-state index contributed by atoms with van der Waals surface area (Å²) in [5, 5.41) is 12.2. The van der Waals surface area contributed by atoms with Gasteiger partial charge >= 0.3 is 5.97 Å². The molecule has 0 aromatic heterocycles. The van der Waals surface area contributed by atoms with Crippen LogP contribution in [0.15, 0.2) is 0 Å². The van der Waals surface area contributed by atoms with Gasteiger partial charge in [-0.3, -0.25) is 4.79 Å². The van der Waals surface area contributed by atoms with E-state index in [1.807, 2.05) is 6.92 Å². The predicted octanol–water partition coefficient (Wildman–Crippen LogP) is 1.26. The van der Waals surface area contributed by atoms with Crippen LogP contribution >= 0.6 is 0 Å². The van der Waals surface area contributed by atoms with Crippen molar-refractivity contribution in [3.63, 3.8) is 0 Å². The lowest BCUT2D eigenvalue weighted by atomic mass is 9.95. The largest absolute Gasteiger partial charge is 0.480 e. The van der Waals surface area contributed by atoms with Gasteiger partial charge in [0, 0.05) is 13.2 Å². The van der Waals surface area contributed by atoms with Gasteiger partial charge in [0.2, 0.25) is 0 Å². The van der Waals surface area contributed by atoms with Crippen LogP contribution in [0.25, 0.3) is 0 Å². The molecule has 0 bridgehead atoms. The van der Waals surface area contributed by atoms with E-state index in [9.17, 15) is 4.79 Å². The van der Waals surface area contributed by atoms with Crippen molar-refractivity contribution in [2.24, 2.45) is 5.92 Å². The smallest absolute Gasteiger partial charge is 0.323 e. The van der Waals surface area contributed by atoms with Gasteiger partial charge in [0.05, 0.1) is 0 Å². The molecule has 1 unspecified atom stereocenters. The Bertz CT molecular complexity index is 214. The van der Waals surface area contributed by atoms with Crippen LogP contribution in [-0.2, 0) is 9.53 Å². The fourth-order valence-electron chi connectivity index (χ4n) is 1.67. The number of carbonyl (C=O) groups is 1. The molecule has 0 amide bonds. The van der Waals surface area contributed by atoms with Crippen LogP contribution in [0.1, 0.15) is 33.1 Å². The van der Waals surface area contributed by atoms with Crippen molar-refractivity contribution in [1.29, 1.82) is 0 Å². The van der Waals surface area contributed by atoms with Gasteiger partial charge in [0.1, 0.15) is 5.54 Å². The second kappa shape index (κ2) is 5.47. The van der Waals surface area contributed by atoms with Crippen LogP contribution < -0.4 is 5.32 Å². The number of rotatable bonds is 5. The Morgan fingerprint density at radius 1 is 1.53 bits per heavy atom. The molecule has 1 heterocycles. The van der Waals surface area contributed by atoms with Crippen LogP contribution in [0.4, 0.5) is 0 Å². The molecule has 0 saturated carbocycles. The summed E-state index contributed by atoms with van der Waals surface area (Å²) < 4.78 is 5.26. The third-order valence-electron chi connectivity index (χ3n) is 3.30. The van der Waals surface area contributed by atoms with Gasteiger partial charge in [-0.15, -0.1) is 0 Å². The zero-order valence-electron chi connectivity index (χ0n) is 9.58. The lowest BCUT2D eigenvalue weighted by Crippen LogP contribution is -2.50. The minimum atomic E-state index is -0.779. The first kappa shape index (κ1) is 12.5. The minimum absolute atomic E-state index is 0.559. The van der Waals surface area contributed by atoms with E-state index in [4.69, 9.17) is 9.84 Å². The molecule has 0 spiro atoms. The Morgan fingerprint density at radius 2 is 2.13 bits per heavy atom. The number of ether oxygens (including phenoxy) is 1.